The van der Waals surface area contributed by atoms with E-state index in [2.05, 4.69) is 298 Å². The molecule has 0 radical (unpaired) electrons. The van der Waals surface area contributed by atoms with Crippen LogP contribution in [0.2, 0.25) is 32.9 Å². The first-order valence-corrected chi connectivity index (χ1v) is 48.8. The van der Waals surface area contributed by atoms with Crippen LogP contribution >= 0.6 is 11.6 Å². The maximum absolute atomic E-state index is 9.03. The van der Waals surface area contributed by atoms with Crippen LogP contribution in [0.5, 0.6) is 0 Å². The number of hydrogen-bond acceptors (Lipinski definition) is 4. The molecule has 0 atom stereocenters. The average molecular weight is 1400 g/mol. The minimum atomic E-state index is -2.42. The molecule has 0 aliphatic rings. The van der Waals surface area contributed by atoms with E-state index in [1.807, 2.05) is 6.08 Å². The molecule has 0 aliphatic carbocycles. The Morgan fingerprint density at radius 1 is 0.378 bits per heavy atom. The van der Waals surface area contributed by atoms with Crippen LogP contribution in [0.25, 0.3) is 0 Å². The van der Waals surface area contributed by atoms with Gasteiger partial charge >= 0.3 is 243 Å². The zero-order valence-electron chi connectivity index (χ0n) is 59.0. The Kier molecular flexibility index (Phi) is 35.3. The molecule has 6 rings (SSSR count). The van der Waals surface area contributed by atoms with E-state index in [1.54, 1.807) is 18.9 Å². The van der Waals surface area contributed by atoms with Crippen molar-refractivity contribution in [3.05, 3.63) is 217 Å². The maximum atomic E-state index is 9.03. The number of allylic oxidation sites excluding steroid dienone is 5. The van der Waals surface area contributed by atoms with E-state index >= 15 is 0 Å². The molecule has 4 nitrogen and oxygen atoms in total. The topological polar surface area (TPSA) is 47.9 Å². The van der Waals surface area contributed by atoms with Crippen molar-refractivity contribution < 1.29 is 18.4 Å². The Hall–Kier alpha value is -3.88. The molecule has 0 saturated carbocycles. The summed E-state index contributed by atoms with van der Waals surface area (Å²) in [7, 11) is -7.22. The number of aliphatic hydroxyl groups excluding tert-OH is 1. The molecular formula is C81H121ClO4Si3Sn. The van der Waals surface area contributed by atoms with Gasteiger partial charge in [-0.1, -0.05) is 186 Å². The van der Waals surface area contributed by atoms with Crippen LogP contribution in [0.1, 0.15) is 181 Å². The normalized spacial score (nSPS) is 13.1. The summed E-state index contributed by atoms with van der Waals surface area (Å²) in [5, 5.41) is 17.2. The second kappa shape index (κ2) is 40.4. The van der Waals surface area contributed by atoms with Crippen molar-refractivity contribution in [1.29, 1.82) is 0 Å². The SMILES string of the molecule is CC(=CCCl)CCCO[Si](c1ccccc1)(c1ccccc1)C(C)(C)C.CC(=CCO)CCCO[Si](c1ccccc1)(c1ccccc1)C(C)(C)C.CCC[CH2][Sn]([CH2]C=C(C)CCCO[Si](c1ccccc1)(c1ccccc1)C(C)(C)C)([CH2]CCC)[CH2]CCC. The van der Waals surface area contributed by atoms with Crippen LogP contribution in [0, 0.1) is 0 Å². The van der Waals surface area contributed by atoms with E-state index in [1.165, 1.54) is 85.2 Å². The first-order valence-electron chi connectivity index (χ1n) is 34.5. The van der Waals surface area contributed by atoms with Gasteiger partial charge in [0.25, 0.3) is 16.6 Å². The average Bonchev–Trinajstić information content (AvgIpc) is 0.817. The molecule has 6 aromatic carbocycles. The van der Waals surface area contributed by atoms with Crippen molar-refractivity contribution in [3.8, 4) is 0 Å². The fourth-order valence-electron chi connectivity index (χ4n) is 13.3. The third-order valence-corrected chi connectivity index (χ3v) is 48.7. The Morgan fingerprint density at radius 2 is 0.611 bits per heavy atom. The quantitative estimate of drug-likeness (QED) is 0.0189. The Morgan fingerprint density at radius 3 is 0.822 bits per heavy atom. The molecule has 0 amide bonds. The number of alkyl halides is 1. The molecule has 0 spiro atoms. The van der Waals surface area contributed by atoms with Crippen LogP contribution < -0.4 is 31.1 Å². The van der Waals surface area contributed by atoms with E-state index < -0.39 is 43.3 Å². The third kappa shape index (κ3) is 23.2. The molecule has 0 unspecified atom stereocenters. The minimum absolute atomic E-state index is 0.0195. The summed E-state index contributed by atoms with van der Waals surface area (Å²) in [6, 6.07) is 65.3. The van der Waals surface area contributed by atoms with Gasteiger partial charge in [-0.25, -0.2) is 0 Å². The molecule has 0 aliphatic heterocycles. The van der Waals surface area contributed by atoms with E-state index in [-0.39, 0.29) is 21.7 Å². The first kappa shape index (κ1) is 78.6. The zero-order valence-corrected chi connectivity index (χ0v) is 65.6. The van der Waals surface area contributed by atoms with Crippen LogP contribution in [0.15, 0.2) is 217 Å². The van der Waals surface area contributed by atoms with E-state index in [4.69, 9.17) is 30.0 Å². The van der Waals surface area contributed by atoms with Gasteiger partial charge in [0, 0.05) is 19.1 Å². The molecule has 6 aromatic rings. The first-order chi connectivity index (χ1) is 43.1. The van der Waals surface area contributed by atoms with Gasteiger partial charge in [-0.3, -0.25) is 0 Å². The van der Waals surface area contributed by atoms with Crippen molar-refractivity contribution in [2.24, 2.45) is 0 Å². The van der Waals surface area contributed by atoms with Crippen LogP contribution in [0.3, 0.4) is 0 Å². The summed E-state index contributed by atoms with van der Waals surface area (Å²) >= 11 is 3.71. The summed E-state index contributed by atoms with van der Waals surface area (Å²) in [6.45, 7) is 37.1. The number of benzene rings is 6. The third-order valence-electron chi connectivity index (χ3n) is 18.3. The van der Waals surface area contributed by atoms with Gasteiger partial charge in [-0.15, -0.1) is 11.6 Å². The molecule has 0 aromatic heterocycles. The second-order valence-corrected chi connectivity index (χ2v) is 55.6. The van der Waals surface area contributed by atoms with Crippen LogP contribution in [-0.2, 0) is 13.3 Å². The van der Waals surface area contributed by atoms with Crippen molar-refractivity contribution in [2.75, 3.05) is 32.3 Å². The summed E-state index contributed by atoms with van der Waals surface area (Å²) in [5.74, 6) is 0.585. The van der Waals surface area contributed by atoms with Crippen molar-refractivity contribution in [1.82, 2.24) is 0 Å². The monoisotopic (exact) mass is 1400 g/mol. The summed E-state index contributed by atoms with van der Waals surface area (Å²) < 4.78 is 27.1. The van der Waals surface area contributed by atoms with Gasteiger partial charge in [0.05, 0.1) is 6.61 Å². The predicted molar refractivity (Wildman–Crippen MR) is 407 cm³/mol. The van der Waals surface area contributed by atoms with E-state index in [9.17, 15) is 0 Å². The molecule has 1 N–H and O–H groups in total. The molecule has 492 valence electrons. The van der Waals surface area contributed by atoms with E-state index in [0.717, 1.165) is 58.3 Å². The van der Waals surface area contributed by atoms with Crippen LogP contribution in [-0.4, -0.2) is 80.7 Å². The molecular weight excluding hydrogens is 1280 g/mol. The molecule has 0 heterocycles. The number of aliphatic hydroxyl groups is 1. The molecule has 0 fully saturated rings. The van der Waals surface area contributed by atoms with Crippen LogP contribution in [0.4, 0.5) is 0 Å². The number of hydrogen-bond donors (Lipinski definition) is 1. The standard InChI is InChI=1S/C23H31ClOSi.C23H32O2Si.C23H31OSi.3C4H9.Sn/c2*1-20(17-18-24)12-11-19-25-26(23(2,3)4,21-13-7-5-8-14-21)22-15-9-6-10-16-22;1-6-20(2)14-13-19-24-25(23(3,4)5,21-15-9-7-10-16-21)22-17-11-8-12-18-22;3*1-3-4-2;/h5-10,13-17H,11-12,18-19H2,1-4H3;5-10,13-17,24H,11-12,18-19H2,1-4H3;6-12,15-18H,1,13-14,19H2,2-5H3;3*1,3-4H2,2H3;. The number of halogens is 1. The Bertz CT molecular complexity index is 2670. The molecule has 9 heteroatoms. The van der Waals surface area contributed by atoms with Gasteiger partial charge < -0.3 is 14.0 Å². The molecule has 0 bridgehead atoms. The van der Waals surface area contributed by atoms with Gasteiger partial charge in [0.1, 0.15) is 0 Å². The summed E-state index contributed by atoms with van der Waals surface area (Å²) in [6.07, 6.45) is 21.4. The summed E-state index contributed by atoms with van der Waals surface area (Å²) in [5.41, 5.74) is 4.16. The van der Waals surface area contributed by atoms with Crippen molar-refractivity contribution in [2.45, 2.75) is 214 Å². The second-order valence-electron chi connectivity index (χ2n) is 28.3. The zero-order chi connectivity index (χ0) is 66.0. The molecule has 90 heavy (non-hydrogen) atoms. The fraction of sp³-hybridized carbons (Fsp3) is 0.481. The molecule has 0 saturated heterocycles. The van der Waals surface area contributed by atoms with Gasteiger partial charge in [0.2, 0.25) is 0 Å². The Labute approximate surface area is 563 Å². The van der Waals surface area contributed by atoms with Gasteiger partial charge in [-0.2, -0.15) is 0 Å². The van der Waals surface area contributed by atoms with E-state index in [0.29, 0.717) is 5.88 Å². The number of unbranched alkanes of at least 4 members (excludes halogenated alkanes) is 3. The fourth-order valence-corrected chi connectivity index (χ4v) is 43.0. The van der Waals surface area contributed by atoms with Crippen molar-refractivity contribution >= 4 is 86.1 Å². The van der Waals surface area contributed by atoms with Crippen molar-refractivity contribution in [3.63, 3.8) is 0 Å². The van der Waals surface area contributed by atoms with Gasteiger partial charge in [0.15, 0.2) is 0 Å². The predicted octanol–water partition coefficient (Wildman–Crippen LogP) is 19.9. The number of rotatable bonds is 34. The van der Waals surface area contributed by atoms with Gasteiger partial charge in [-0.05, 0) is 70.4 Å². The Balaban J connectivity index is 0.000000296. The summed E-state index contributed by atoms with van der Waals surface area (Å²) in [4.78, 5) is 0.